The highest BCUT2D eigenvalue weighted by Crippen LogP contribution is 2.42. The van der Waals surface area contributed by atoms with Crippen LogP contribution in [0.15, 0.2) is 42.5 Å². The Labute approximate surface area is 255 Å². The fraction of sp³-hybridized carbons (Fsp3) is 0.429. The molecule has 226 valence electrons. The Morgan fingerprint density at radius 2 is 2.02 bits per heavy atom. The molecule has 44 heavy (non-hydrogen) atoms. The van der Waals surface area contributed by atoms with Crippen molar-refractivity contribution in [2.75, 3.05) is 44.2 Å². The number of rotatable bonds is 5. The van der Waals surface area contributed by atoms with Crippen LogP contribution in [0.4, 0.5) is 14.6 Å². The number of ether oxygens (including phenoxy) is 1. The van der Waals surface area contributed by atoms with Crippen molar-refractivity contribution in [1.29, 1.82) is 0 Å². The first-order chi connectivity index (χ1) is 21.4. The Morgan fingerprint density at radius 1 is 1.11 bits per heavy atom. The Balaban J connectivity index is 1.24. The highest BCUT2D eigenvalue weighted by molar-refractivity contribution is 6.03. The predicted molar refractivity (Wildman–Crippen MR) is 167 cm³/mol. The molecule has 5 heterocycles. The van der Waals surface area contributed by atoms with Crippen molar-refractivity contribution in [3.63, 3.8) is 0 Å². The van der Waals surface area contributed by atoms with Gasteiger partial charge in [-0.1, -0.05) is 18.1 Å². The number of nitrogens with zero attached hydrogens (tertiary/aromatic N) is 4. The third-order valence-corrected chi connectivity index (χ3v) is 10.3. The molecule has 0 aliphatic carbocycles. The summed E-state index contributed by atoms with van der Waals surface area (Å²) in [6.07, 6.45) is 9.67. The molecule has 0 radical (unpaired) electrons. The number of hydrogen-bond donors (Lipinski definition) is 2. The second-order valence-electron chi connectivity index (χ2n) is 13.0. The standard InChI is InChI=1S/C35H35F2N5O2/c1-2-26-29(37)9-7-22-13-25(43)15-28(32(22)26)21-6-8-27-30(14-21)39-34(44-20-35-10-4-12-42(35)18-24(36)16-35)40-33(27)41-17-23-5-3-11-38-31(23)19-41/h1,6-9,13-15,23-24,31,38,43H,3-5,10-12,16-20H2/t23?,24-,31?,35+/m1/s1. The molecule has 4 saturated heterocycles. The van der Waals surface area contributed by atoms with Gasteiger partial charge in [-0.2, -0.15) is 9.97 Å². The first-order valence-electron chi connectivity index (χ1n) is 15.6. The van der Waals surface area contributed by atoms with Crippen LogP contribution in [0, 0.1) is 24.1 Å². The lowest BCUT2D eigenvalue weighted by molar-refractivity contribution is 0.107. The van der Waals surface area contributed by atoms with Crippen LogP contribution >= 0.6 is 0 Å². The van der Waals surface area contributed by atoms with E-state index in [0.29, 0.717) is 53.4 Å². The Kier molecular flexibility index (Phi) is 6.61. The van der Waals surface area contributed by atoms with Gasteiger partial charge in [0, 0.05) is 42.9 Å². The van der Waals surface area contributed by atoms with Crippen molar-refractivity contribution in [2.45, 2.75) is 49.9 Å². The van der Waals surface area contributed by atoms with Gasteiger partial charge in [-0.25, -0.2) is 8.78 Å². The molecule has 0 bridgehead atoms. The maximum absolute atomic E-state index is 14.8. The predicted octanol–water partition coefficient (Wildman–Crippen LogP) is 5.42. The zero-order valence-electron chi connectivity index (χ0n) is 24.5. The molecule has 9 heteroatoms. The third kappa shape index (κ3) is 4.54. The van der Waals surface area contributed by atoms with Crippen LogP contribution in [-0.2, 0) is 0 Å². The van der Waals surface area contributed by atoms with Crippen molar-refractivity contribution >= 4 is 27.5 Å². The topological polar surface area (TPSA) is 73.8 Å². The van der Waals surface area contributed by atoms with Gasteiger partial charge in [0.05, 0.1) is 16.6 Å². The number of phenolic OH excluding ortho intramolecular Hbond substituents is 1. The van der Waals surface area contributed by atoms with Gasteiger partial charge >= 0.3 is 6.01 Å². The molecule has 4 fully saturated rings. The van der Waals surface area contributed by atoms with Crippen LogP contribution in [-0.4, -0.2) is 77.1 Å². The molecular weight excluding hydrogens is 560 g/mol. The molecule has 2 unspecified atom stereocenters. The van der Waals surface area contributed by atoms with E-state index in [-0.39, 0.29) is 22.9 Å². The van der Waals surface area contributed by atoms with E-state index >= 15 is 0 Å². The van der Waals surface area contributed by atoms with E-state index in [4.69, 9.17) is 21.1 Å². The normalized spacial score (nSPS) is 26.7. The van der Waals surface area contributed by atoms with E-state index in [9.17, 15) is 13.9 Å². The van der Waals surface area contributed by atoms with E-state index in [1.165, 1.54) is 18.9 Å². The van der Waals surface area contributed by atoms with Crippen LogP contribution in [0.3, 0.4) is 0 Å². The number of piperidine rings is 1. The number of benzene rings is 3. The smallest absolute Gasteiger partial charge is 0.319 e. The summed E-state index contributed by atoms with van der Waals surface area (Å²) in [6.45, 7) is 4.46. The van der Waals surface area contributed by atoms with Crippen molar-refractivity contribution in [1.82, 2.24) is 20.2 Å². The molecule has 4 aliphatic heterocycles. The van der Waals surface area contributed by atoms with E-state index < -0.39 is 12.0 Å². The van der Waals surface area contributed by atoms with Crippen LogP contribution in [0.25, 0.3) is 32.8 Å². The van der Waals surface area contributed by atoms with Gasteiger partial charge in [0.2, 0.25) is 0 Å². The molecule has 0 amide bonds. The Morgan fingerprint density at radius 3 is 2.89 bits per heavy atom. The molecule has 4 atom stereocenters. The van der Waals surface area contributed by atoms with Crippen molar-refractivity contribution in [3.05, 3.63) is 53.8 Å². The van der Waals surface area contributed by atoms with E-state index in [0.717, 1.165) is 55.8 Å². The number of terminal acetylenes is 1. The van der Waals surface area contributed by atoms with Crippen molar-refractivity contribution < 1.29 is 18.6 Å². The van der Waals surface area contributed by atoms with Crippen LogP contribution in [0.1, 0.15) is 37.7 Å². The number of aromatic hydroxyl groups is 1. The van der Waals surface area contributed by atoms with Gasteiger partial charge in [-0.15, -0.1) is 6.42 Å². The van der Waals surface area contributed by atoms with E-state index in [2.05, 4.69) is 21.0 Å². The average Bonchev–Trinajstić information content (AvgIpc) is 3.71. The first-order valence-corrected chi connectivity index (χ1v) is 15.6. The van der Waals surface area contributed by atoms with Gasteiger partial charge in [-0.05, 0) is 91.5 Å². The molecule has 8 rings (SSSR count). The fourth-order valence-corrected chi connectivity index (χ4v) is 8.23. The summed E-state index contributed by atoms with van der Waals surface area (Å²) >= 11 is 0. The molecular formula is C35H35F2N5O2. The summed E-state index contributed by atoms with van der Waals surface area (Å²) in [5, 5.41) is 16.4. The molecule has 0 spiro atoms. The molecule has 3 aromatic carbocycles. The quantitative estimate of drug-likeness (QED) is 0.299. The van der Waals surface area contributed by atoms with Gasteiger partial charge in [0.1, 0.15) is 30.2 Å². The largest absolute Gasteiger partial charge is 0.508 e. The maximum Gasteiger partial charge on any atom is 0.319 e. The monoisotopic (exact) mass is 595 g/mol. The highest BCUT2D eigenvalue weighted by atomic mass is 19.1. The minimum absolute atomic E-state index is 0.0600. The summed E-state index contributed by atoms with van der Waals surface area (Å²) < 4.78 is 35.7. The lowest BCUT2D eigenvalue weighted by Crippen LogP contribution is -2.43. The zero-order chi connectivity index (χ0) is 30.0. The lowest BCUT2D eigenvalue weighted by Gasteiger charge is -2.31. The number of fused-ring (bicyclic) bond motifs is 4. The average molecular weight is 596 g/mol. The van der Waals surface area contributed by atoms with E-state index in [1.807, 2.05) is 18.2 Å². The maximum atomic E-state index is 14.8. The summed E-state index contributed by atoms with van der Waals surface area (Å²) in [5.74, 6) is 3.45. The summed E-state index contributed by atoms with van der Waals surface area (Å²) in [6, 6.07) is 12.7. The number of aromatic nitrogens is 2. The number of halogens is 2. The van der Waals surface area contributed by atoms with Gasteiger partial charge < -0.3 is 20.1 Å². The highest BCUT2D eigenvalue weighted by Gasteiger charge is 2.49. The molecule has 7 nitrogen and oxygen atoms in total. The van der Waals surface area contributed by atoms with Crippen LogP contribution in [0.2, 0.25) is 0 Å². The number of nitrogens with one attached hydrogen (secondary N) is 1. The summed E-state index contributed by atoms with van der Waals surface area (Å²) in [5.41, 5.74) is 1.87. The number of phenols is 1. The van der Waals surface area contributed by atoms with E-state index in [1.54, 1.807) is 18.2 Å². The van der Waals surface area contributed by atoms with Crippen LogP contribution in [0.5, 0.6) is 11.8 Å². The third-order valence-electron chi connectivity index (χ3n) is 10.3. The number of alkyl halides is 1. The number of anilines is 1. The SMILES string of the molecule is C#Cc1c(F)ccc2cc(O)cc(-c3ccc4c(N5CC6CCCNC6C5)nc(OC[C@@]56CCCN5C[C@H](F)C6)nc4c3)c12. The minimum Gasteiger partial charge on any atom is -0.508 e. The number of hydrogen-bond acceptors (Lipinski definition) is 7. The van der Waals surface area contributed by atoms with Gasteiger partial charge in [-0.3, -0.25) is 4.90 Å². The molecule has 0 saturated carbocycles. The van der Waals surface area contributed by atoms with Crippen LogP contribution < -0.4 is 15.0 Å². The lowest BCUT2D eigenvalue weighted by atomic mass is 9.93. The molecule has 2 N–H and O–H groups in total. The van der Waals surface area contributed by atoms with Crippen molar-refractivity contribution in [3.8, 4) is 35.2 Å². The molecule has 4 aliphatic rings. The Hall–Kier alpha value is -4.00. The van der Waals surface area contributed by atoms with Crippen molar-refractivity contribution in [2.24, 2.45) is 5.92 Å². The summed E-state index contributed by atoms with van der Waals surface area (Å²) in [4.78, 5) is 14.4. The van der Waals surface area contributed by atoms with Gasteiger partial charge in [0.25, 0.3) is 0 Å². The fourth-order valence-electron chi connectivity index (χ4n) is 8.23. The molecule has 1 aromatic heterocycles. The first kappa shape index (κ1) is 27.5. The zero-order valence-corrected chi connectivity index (χ0v) is 24.5. The second kappa shape index (κ2) is 10.6. The minimum atomic E-state index is -0.843. The second-order valence-corrected chi connectivity index (χ2v) is 13.0. The molecule has 4 aromatic rings. The summed E-state index contributed by atoms with van der Waals surface area (Å²) in [7, 11) is 0. The Bertz CT molecular complexity index is 1810. The van der Waals surface area contributed by atoms with Gasteiger partial charge in [0.15, 0.2) is 0 Å².